The van der Waals surface area contributed by atoms with E-state index in [4.69, 9.17) is 30.7 Å². The molecule has 3 aliphatic heterocycles. The SMILES string of the molecule is Cc1ccc2c(N)c(C(=O)NC3COc4nc(N5CC(N)C6(C5)OCC5(CC5)O6)ccc4C3)sc2n1. The Hall–Kier alpha value is -2.99. The van der Waals surface area contributed by atoms with Crippen molar-refractivity contribution in [3.8, 4) is 5.88 Å². The minimum absolute atomic E-state index is 0.116. The highest BCUT2D eigenvalue weighted by Gasteiger charge is 2.62. The summed E-state index contributed by atoms with van der Waals surface area (Å²) in [7, 11) is 0. The maximum atomic E-state index is 13.0. The number of hydrogen-bond donors (Lipinski definition) is 3. The summed E-state index contributed by atoms with van der Waals surface area (Å²) in [5.74, 6) is 0.400. The van der Waals surface area contributed by atoms with Gasteiger partial charge in [-0.1, -0.05) is 0 Å². The molecule has 1 aliphatic carbocycles. The molecule has 2 saturated heterocycles. The van der Waals surface area contributed by atoms with Crippen LogP contribution in [0, 0.1) is 6.92 Å². The van der Waals surface area contributed by atoms with E-state index >= 15 is 0 Å². The summed E-state index contributed by atoms with van der Waals surface area (Å²) in [6.45, 7) is 4.01. The van der Waals surface area contributed by atoms with Gasteiger partial charge >= 0.3 is 0 Å². The summed E-state index contributed by atoms with van der Waals surface area (Å²) in [4.78, 5) is 25.6. The van der Waals surface area contributed by atoms with Gasteiger partial charge in [-0.25, -0.2) is 4.98 Å². The number of rotatable bonds is 3. The summed E-state index contributed by atoms with van der Waals surface area (Å²) in [6, 6.07) is 7.36. The van der Waals surface area contributed by atoms with Gasteiger partial charge in [0.1, 0.15) is 22.1 Å². The van der Waals surface area contributed by atoms with E-state index < -0.39 is 5.79 Å². The third kappa shape index (κ3) is 3.52. The van der Waals surface area contributed by atoms with Gasteiger partial charge in [0.2, 0.25) is 11.7 Å². The van der Waals surface area contributed by atoms with Crippen LogP contribution in [-0.2, 0) is 15.9 Å². The van der Waals surface area contributed by atoms with E-state index in [1.807, 2.05) is 31.2 Å². The van der Waals surface area contributed by atoms with Crippen molar-refractivity contribution in [3.05, 3.63) is 40.4 Å². The summed E-state index contributed by atoms with van der Waals surface area (Å²) >= 11 is 1.31. The maximum absolute atomic E-state index is 13.0. The lowest BCUT2D eigenvalue weighted by Gasteiger charge is -2.28. The maximum Gasteiger partial charge on any atom is 0.263 e. The molecule has 1 amide bonds. The molecule has 10 nitrogen and oxygen atoms in total. The monoisotopic (exact) mass is 508 g/mol. The Morgan fingerprint density at radius 2 is 2.11 bits per heavy atom. The zero-order valence-electron chi connectivity index (χ0n) is 20.0. The molecule has 3 unspecified atom stereocenters. The number of anilines is 2. The van der Waals surface area contributed by atoms with Crippen LogP contribution in [0.5, 0.6) is 5.88 Å². The van der Waals surface area contributed by atoms with Gasteiger partial charge < -0.3 is 35.9 Å². The molecule has 2 spiro atoms. The molecule has 7 rings (SSSR count). The van der Waals surface area contributed by atoms with Gasteiger partial charge in [0.15, 0.2) is 0 Å². The minimum Gasteiger partial charge on any atom is -0.475 e. The number of nitrogens with zero attached hydrogens (tertiary/aromatic N) is 3. The second kappa shape index (κ2) is 7.75. The number of nitrogens with one attached hydrogen (secondary N) is 1. The number of ether oxygens (including phenoxy) is 3. The number of pyridine rings is 2. The van der Waals surface area contributed by atoms with Crippen LogP contribution in [0.15, 0.2) is 24.3 Å². The van der Waals surface area contributed by atoms with E-state index in [9.17, 15) is 4.79 Å². The summed E-state index contributed by atoms with van der Waals surface area (Å²) in [5.41, 5.74) is 14.9. The quantitative estimate of drug-likeness (QED) is 0.483. The fourth-order valence-electron chi connectivity index (χ4n) is 5.35. The van der Waals surface area contributed by atoms with Gasteiger partial charge in [-0.15, -0.1) is 11.3 Å². The molecule has 4 aliphatic rings. The van der Waals surface area contributed by atoms with Gasteiger partial charge in [-0.3, -0.25) is 4.79 Å². The average Bonchev–Trinajstić information content (AvgIpc) is 3.23. The molecule has 5 N–H and O–H groups in total. The van der Waals surface area contributed by atoms with Crippen molar-refractivity contribution in [2.24, 2.45) is 5.73 Å². The summed E-state index contributed by atoms with van der Waals surface area (Å²) in [5, 5.41) is 3.87. The molecule has 0 bridgehead atoms. The normalized spacial score (nSPS) is 28.0. The second-order valence-corrected chi connectivity index (χ2v) is 11.3. The lowest BCUT2D eigenvalue weighted by Crippen LogP contribution is -2.48. The molecule has 0 radical (unpaired) electrons. The predicted octanol–water partition coefficient (Wildman–Crippen LogP) is 1.74. The smallest absolute Gasteiger partial charge is 0.263 e. The Bertz CT molecular complexity index is 1390. The van der Waals surface area contributed by atoms with Crippen molar-refractivity contribution >= 4 is 39.0 Å². The average molecular weight is 509 g/mol. The topological polar surface area (TPSA) is 138 Å². The van der Waals surface area contributed by atoms with Crippen molar-refractivity contribution < 1.29 is 19.0 Å². The number of nitrogens with two attached hydrogens (primary N) is 2. The lowest BCUT2D eigenvalue weighted by molar-refractivity contribution is -0.163. The van der Waals surface area contributed by atoms with Gasteiger partial charge in [-0.05, 0) is 44.0 Å². The molecule has 0 aromatic carbocycles. The first kappa shape index (κ1) is 22.2. The lowest BCUT2D eigenvalue weighted by atomic mass is 10.1. The van der Waals surface area contributed by atoms with E-state index in [1.54, 1.807) is 0 Å². The summed E-state index contributed by atoms with van der Waals surface area (Å²) < 4.78 is 18.4. The van der Waals surface area contributed by atoms with Crippen LogP contribution in [0.1, 0.15) is 33.8 Å². The van der Waals surface area contributed by atoms with E-state index in [2.05, 4.69) is 15.2 Å². The highest BCUT2D eigenvalue weighted by molar-refractivity contribution is 7.21. The molecule has 6 heterocycles. The van der Waals surface area contributed by atoms with Crippen LogP contribution < -0.4 is 26.4 Å². The van der Waals surface area contributed by atoms with Crippen LogP contribution in [0.25, 0.3) is 10.2 Å². The molecule has 3 aromatic heterocycles. The summed E-state index contributed by atoms with van der Waals surface area (Å²) in [6.07, 6.45) is 2.70. The van der Waals surface area contributed by atoms with Crippen LogP contribution >= 0.6 is 11.3 Å². The third-order valence-corrected chi connectivity index (χ3v) is 8.69. The Morgan fingerprint density at radius 1 is 1.25 bits per heavy atom. The highest BCUT2D eigenvalue weighted by atomic mass is 32.1. The standard InChI is InChI=1S/C25H28N6O4S/c1-13-2-4-16-19(27)20(36-23(16)28-13)21(32)29-15-8-14-3-5-18(30-22(14)33-10-15)31-9-17(26)25(11-31)34-12-24(35-25)6-7-24/h2-5,15,17H,6-12,26-27H2,1H3,(H,29,32). The molecule has 3 atom stereocenters. The van der Waals surface area contributed by atoms with Crippen molar-refractivity contribution in [1.82, 2.24) is 15.3 Å². The molecule has 3 fully saturated rings. The number of aryl methyl sites for hydroxylation is 1. The first-order chi connectivity index (χ1) is 17.3. The predicted molar refractivity (Wildman–Crippen MR) is 135 cm³/mol. The number of fused-ring (bicyclic) bond motifs is 2. The molecule has 1 saturated carbocycles. The largest absolute Gasteiger partial charge is 0.475 e. The molecule has 11 heteroatoms. The highest BCUT2D eigenvalue weighted by Crippen LogP contribution is 2.51. The van der Waals surface area contributed by atoms with Crippen LogP contribution in [-0.4, -0.2) is 65.7 Å². The van der Waals surface area contributed by atoms with Crippen molar-refractivity contribution in [1.29, 1.82) is 0 Å². The Labute approximate surface area is 211 Å². The van der Waals surface area contributed by atoms with Crippen molar-refractivity contribution in [3.63, 3.8) is 0 Å². The third-order valence-electron chi connectivity index (χ3n) is 7.58. The van der Waals surface area contributed by atoms with E-state index in [0.29, 0.717) is 49.2 Å². The van der Waals surface area contributed by atoms with E-state index in [1.165, 1.54) is 11.3 Å². The van der Waals surface area contributed by atoms with Crippen LogP contribution in [0.4, 0.5) is 11.5 Å². The molecular weight excluding hydrogens is 480 g/mol. The van der Waals surface area contributed by atoms with E-state index in [0.717, 1.165) is 40.1 Å². The first-order valence-corrected chi connectivity index (χ1v) is 13.1. The number of thiophene rings is 1. The molecule has 3 aromatic rings. The first-order valence-electron chi connectivity index (χ1n) is 12.3. The van der Waals surface area contributed by atoms with Gasteiger partial charge in [0, 0.05) is 29.6 Å². The fraction of sp³-hybridized carbons (Fsp3) is 0.480. The van der Waals surface area contributed by atoms with Crippen LogP contribution in [0.2, 0.25) is 0 Å². The molecule has 36 heavy (non-hydrogen) atoms. The van der Waals surface area contributed by atoms with Crippen LogP contribution in [0.3, 0.4) is 0 Å². The van der Waals surface area contributed by atoms with Gasteiger partial charge in [0.25, 0.3) is 5.91 Å². The molecular formula is C25H28N6O4S. The number of nitrogen functional groups attached to an aromatic ring is 1. The number of amides is 1. The molecule has 188 valence electrons. The number of carbonyl (C=O) groups is 1. The van der Waals surface area contributed by atoms with E-state index in [-0.39, 0.29) is 23.6 Å². The van der Waals surface area contributed by atoms with Crippen molar-refractivity contribution in [2.75, 3.05) is 36.9 Å². The fourth-order valence-corrected chi connectivity index (χ4v) is 6.39. The second-order valence-electron chi connectivity index (χ2n) is 10.3. The Kier molecular flexibility index (Phi) is 4.79. The van der Waals surface area contributed by atoms with Crippen molar-refractivity contribution in [2.45, 2.75) is 49.7 Å². The number of hydrogen-bond acceptors (Lipinski definition) is 10. The minimum atomic E-state index is -0.757. The Balaban J connectivity index is 1.04. The Morgan fingerprint density at radius 3 is 2.92 bits per heavy atom. The van der Waals surface area contributed by atoms with Gasteiger partial charge in [-0.2, -0.15) is 4.98 Å². The van der Waals surface area contributed by atoms with Gasteiger partial charge in [0.05, 0.1) is 36.5 Å². The number of aromatic nitrogens is 2. The zero-order valence-corrected chi connectivity index (χ0v) is 20.8. The zero-order chi connectivity index (χ0) is 24.7. The number of carbonyl (C=O) groups excluding carboxylic acids is 1.